The molecule has 0 aromatic heterocycles. The largest absolute Gasteiger partial charge is 1.00 e. The maximum atomic E-state index is 2.36. The molecule has 0 heterocycles. The van der Waals surface area contributed by atoms with Gasteiger partial charge in [-0.25, -0.2) is 0 Å². The third-order valence-electron chi connectivity index (χ3n) is 7.08. The quantitative estimate of drug-likeness (QED) is 0.155. The molecule has 0 atom stereocenters. The fourth-order valence-electron chi connectivity index (χ4n) is 5.51. The molecule has 0 N–H and O–H groups in total. The van der Waals surface area contributed by atoms with E-state index in [4.69, 9.17) is 0 Å². The van der Waals surface area contributed by atoms with Gasteiger partial charge in [0.15, 0.2) is 0 Å². The summed E-state index contributed by atoms with van der Waals surface area (Å²) in [6, 6.07) is 43.9. The predicted molar refractivity (Wildman–Crippen MR) is 185 cm³/mol. The van der Waals surface area contributed by atoms with E-state index in [0.29, 0.717) is 11.8 Å². The zero-order chi connectivity index (χ0) is 30.1. The Bertz CT molecular complexity index is 1590. The minimum absolute atomic E-state index is 0. The molecule has 0 radical (unpaired) electrons. The van der Waals surface area contributed by atoms with Crippen LogP contribution in [-0.4, -0.2) is 5.43 Å². The van der Waals surface area contributed by atoms with E-state index in [1.165, 1.54) is 54.9 Å². The summed E-state index contributed by atoms with van der Waals surface area (Å²) in [7, 11) is 0. The molecule has 0 aliphatic carbocycles. The SMILES string of the molecule is CC(C)Cc1cc2c(-c3ccccc3)cccc2[cH-]1.CC(C)Cc1cc2c(-c3ccccc3)cccc2[cH-]1.C[Si](C)=[Zr+2].[Cl-].[Cl-]. The molecule has 0 saturated carbocycles. The molecular formula is C40H44Cl2SiZr-2. The van der Waals surface area contributed by atoms with Crippen molar-refractivity contribution in [3.63, 3.8) is 0 Å². The summed E-state index contributed by atoms with van der Waals surface area (Å²) in [4.78, 5) is 0. The fraction of sp³-hybridized carbons (Fsp3) is 0.250. The van der Waals surface area contributed by atoms with E-state index < -0.39 is 0 Å². The Morgan fingerprint density at radius 2 is 0.886 bits per heavy atom. The molecule has 0 amide bonds. The summed E-state index contributed by atoms with van der Waals surface area (Å²) in [6.45, 7) is 13.7. The second-order valence-corrected chi connectivity index (χ2v) is 21.6. The molecule has 0 aliphatic heterocycles. The van der Waals surface area contributed by atoms with Crippen LogP contribution in [0.15, 0.2) is 121 Å². The zero-order valence-corrected chi connectivity index (χ0v) is 31.8. The maximum Gasteiger partial charge on any atom is -1.00 e. The minimum Gasteiger partial charge on any atom is -1.00 e. The molecule has 0 spiro atoms. The number of fused-ring (bicyclic) bond motifs is 2. The molecule has 4 heteroatoms. The molecule has 0 bridgehead atoms. The third-order valence-corrected chi connectivity index (χ3v) is 7.08. The van der Waals surface area contributed by atoms with Crippen molar-refractivity contribution in [3.05, 3.63) is 132 Å². The first-order valence-electron chi connectivity index (χ1n) is 15.2. The standard InChI is InChI=1S/2C19H19.C2H6Si.2ClH.Zr/c2*1-14(2)11-15-12-17-9-6-10-18(19(17)13-15)16-7-4-3-5-8-16;1-3-2;;;/h2*3-10,12-14H,11H2,1-2H3;1-2H3;2*1H;/q2*-1;;;;+2/p-2. The van der Waals surface area contributed by atoms with Crippen molar-refractivity contribution in [1.82, 2.24) is 0 Å². The average molecular weight is 715 g/mol. The van der Waals surface area contributed by atoms with Crippen molar-refractivity contribution in [2.24, 2.45) is 11.8 Å². The van der Waals surface area contributed by atoms with Crippen molar-refractivity contribution < 1.29 is 48.1 Å². The first kappa shape index (κ1) is 38.0. The van der Waals surface area contributed by atoms with Gasteiger partial charge in [0, 0.05) is 0 Å². The van der Waals surface area contributed by atoms with E-state index in [1.807, 2.05) is 0 Å². The number of benzene rings is 4. The molecule has 6 aromatic carbocycles. The van der Waals surface area contributed by atoms with Gasteiger partial charge in [-0.15, -0.1) is 69.1 Å². The fourth-order valence-corrected chi connectivity index (χ4v) is 5.51. The van der Waals surface area contributed by atoms with Crippen LogP contribution >= 0.6 is 0 Å². The molecule has 228 valence electrons. The van der Waals surface area contributed by atoms with Crippen molar-refractivity contribution >= 4 is 27.0 Å². The summed E-state index contributed by atoms with van der Waals surface area (Å²) >= 11 is 1.74. The van der Waals surface area contributed by atoms with Gasteiger partial charge >= 0.3 is 41.9 Å². The molecule has 0 nitrogen and oxygen atoms in total. The Morgan fingerprint density at radius 3 is 1.20 bits per heavy atom. The van der Waals surface area contributed by atoms with Crippen LogP contribution in [0.2, 0.25) is 13.1 Å². The Labute approximate surface area is 293 Å². The monoisotopic (exact) mass is 712 g/mol. The summed E-state index contributed by atoms with van der Waals surface area (Å²) in [5.41, 5.74) is 8.40. The van der Waals surface area contributed by atoms with E-state index in [2.05, 4.69) is 162 Å². The molecule has 0 unspecified atom stereocenters. The van der Waals surface area contributed by atoms with Gasteiger partial charge in [0.1, 0.15) is 0 Å². The number of halogens is 2. The van der Waals surface area contributed by atoms with E-state index in [0.717, 1.165) is 12.8 Å². The number of hydrogen-bond acceptors (Lipinski definition) is 0. The molecule has 6 aromatic rings. The van der Waals surface area contributed by atoms with Crippen LogP contribution in [0.3, 0.4) is 0 Å². The first-order chi connectivity index (χ1) is 20.2. The third kappa shape index (κ3) is 11.0. The topological polar surface area (TPSA) is 0 Å². The van der Waals surface area contributed by atoms with Crippen LogP contribution in [0.4, 0.5) is 0 Å². The van der Waals surface area contributed by atoms with Crippen molar-refractivity contribution in [1.29, 1.82) is 0 Å². The summed E-state index contributed by atoms with van der Waals surface area (Å²) in [5.74, 6) is 1.41. The van der Waals surface area contributed by atoms with Crippen LogP contribution in [0.5, 0.6) is 0 Å². The van der Waals surface area contributed by atoms with Gasteiger partial charge in [0.2, 0.25) is 0 Å². The molecule has 0 fully saturated rings. The molecule has 44 heavy (non-hydrogen) atoms. The van der Waals surface area contributed by atoms with Gasteiger partial charge < -0.3 is 24.8 Å². The van der Waals surface area contributed by atoms with Gasteiger partial charge in [-0.3, -0.25) is 0 Å². The van der Waals surface area contributed by atoms with E-state index in [-0.39, 0.29) is 30.2 Å². The predicted octanol–water partition coefficient (Wildman–Crippen LogP) is 5.64. The Balaban J connectivity index is 0.000000263. The Morgan fingerprint density at radius 1 is 0.545 bits per heavy atom. The summed E-state index contributed by atoms with van der Waals surface area (Å²) in [6.07, 6.45) is 2.31. The molecule has 6 rings (SSSR count). The smallest absolute Gasteiger partial charge is 1.00 e. The summed E-state index contributed by atoms with van der Waals surface area (Å²) < 4.78 is 0. The summed E-state index contributed by atoms with van der Waals surface area (Å²) in [5, 5.41) is 5.47. The van der Waals surface area contributed by atoms with Gasteiger partial charge in [-0.2, -0.15) is 12.1 Å². The van der Waals surface area contributed by atoms with Crippen molar-refractivity contribution in [3.8, 4) is 22.3 Å². The average Bonchev–Trinajstić information content (AvgIpc) is 3.56. The number of rotatable bonds is 6. The van der Waals surface area contributed by atoms with Gasteiger partial charge in [0.05, 0.1) is 0 Å². The van der Waals surface area contributed by atoms with Crippen LogP contribution in [0, 0.1) is 11.8 Å². The van der Waals surface area contributed by atoms with Gasteiger partial charge in [0.25, 0.3) is 0 Å². The van der Waals surface area contributed by atoms with Crippen LogP contribution < -0.4 is 24.8 Å². The van der Waals surface area contributed by atoms with Gasteiger partial charge in [-0.05, 0) is 35.8 Å². The normalized spacial score (nSPS) is 10.4. The van der Waals surface area contributed by atoms with Crippen LogP contribution in [-0.2, 0) is 36.2 Å². The van der Waals surface area contributed by atoms with E-state index in [1.54, 1.807) is 23.3 Å². The second-order valence-electron chi connectivity index (χ2n) is 12.3. The Hall–Kier alpha value is -2.22. The van der Waals surface area contributed by atoms with Crippen LogP contribution in [0.1, 0.15) is 38.8 Å². The van der Waals surface area contributed by atoms with Crippen molar-refractivity contribution in [2.75, 3.05) is 0 Å². The molecule has 0 saturated heterocycles. The molecular weight excluding hydrogens is 671 g/mol. The van der Waals surface area contributed by atoms with Crippen molar-refractivity contribution in [2.45, 2.75) is 53.6 Å². The van der Waals surface area contributed by atoms with E-state index >= 15 is 0 Å². The zero-order valence-electron chi connectivity index (χ0n) is 26.9. The first-order valence-corrected chi connectivity index (χ1v) is 21.4. The van der Waals surface area contributed by atoms with Crippen LogP contribution in [0.25, 0.3) is 43.8 Å². The van der Waals surface area contributed by atoms with E-state index in [9.17, 15) is 0 Å². The maximum absolute atomic E-state index is 2.36. The second kappa shape index (κ2) is 18.7. The number of hydrogen-bond donors (Lipinski definition) is 0. The molecule has 0 aliphatic rings. The van der Waals surface area contributed by atoms with Gasteiger partial charge in [-0.1, -0.05) is 112 Å². The minimum atomic E-state index is 0. The Kier molecular flexibility index (Phi) is 16.1.